The van der Waals surface area contributed by atoms with Crippen LogP contribution in [0.25, 0.3) is 0 Å². The molecular formula is C20H23ClN6O2. The summed E-state index contributed by atoms with van der Waals surface area (Å²) in [5.74, 6) is 0.778. The van der Waals surface area contributed by atoms with Gasteiger partial charge in [-0.2, -0.15) is 4.98 Å². The second-order valence-electron chi connectivity index (χ2n) is 6.91. The van der Waals surface area contributed by atoms with Gasteiger partial charge in [0.05, 0.1) is 6.20 Å². The lowest BCUT2D eigenvalue weighted by atomic mass is 10.2. The van der Waals surface area contributed by atoms with Crippen LogP contribution in [0.1, 0.15) is 16.8 Å². The quantitative estimate of drug-likeness (QED) is 0.706. The number of likely N-dealkylation sites (tertiary alicyclic amines) is 1. The Morgan fingerprint density at radius 1 is 1.31 bits per heavy atom. The monoisotopic (exact) mass is 414 g/mol. The van der Waals surface area contributed by atoms with Crippen LogP contribution in [-0.2, 0) is 4.79 Å². The van der Waals surface area contributed by atoms with Gasteiger partial charge in [0.25, 0.3) is 5.91 Å². The zero-order valence-corrected chi connectivity index (χ0v) is 17.1. The number of carbonyl (C=O) groups is 2. The molecule has 2 N–H and O–H groups in total. The average molecular weight is 415 g/mol. The van der Waals surface area contributed by atoms with Crippen molar-refractivity contribution >= 4 is 40.9 Å². The number of rotatable bonds is 6. The Morgan fingerprint density at radius 2 is 2.03 bits per heavy atom. The Balaban J connectivity index is 1.60. The van der Waals surface area contributed by atoms with Crippen LogP contribution in [0.15, 0.2) is 43.1 Å². The molecule has 29 heavy (non-hydrogen) atoms. The van der Waals surface area contributed by atoms with Crippen molar-refractivity contribution in [1.82, 2.24) is 14.9 Å². The van der Waals surface area contributed by atoms with Crippen LogP contribution in [0.5, 0.6) is 0 Å². The standard InChI is InChI=1S/C20H23ClN6O2/c1-4-17(28)23-14-7-5-13(6-8-14)19(29)27-10-9-15(12-27)24-20-22-11-16(21)18(25-20)26(2)3/h4-8,11,15H,1,9-10,12H2,2-3H3,(H,23,28)(H,22,24,25)/t15-/m1/s1. The minimum Gasteiger partial charge on any atom is -0.361 e. The van der Waals surface area contributed by atoms with Crippen molar-refractivity contribution in [3.05, 3.63) is 53.7 Å². The van der Waals surface area contributed by atoms with Gasteiger partial charge in [0.2, 0.25) is 11.9 Å². The summed E-state index contributed by atoms with van der Waals surface area (Å²) in [6, 6.07) is 6.86. The summed E-state index contributed by atoms with van der Waals surface area (Å²) in [5, 5.41) is 6.42. The van der Waals surface area contributed by atoms with Gasteiger partial charge in [-0.15, -0.1) is 0 Å². The second-order valence-corrected chi connectivity index (χ2v) is 7.32. The molecular weight excluding hydrogens is 392 g/mol. The van der Waals surface area contributed by atoms with E-state index in [-0.39, 0.29) is 17.9 Å². The molecule has 0 spiro atoms. The van der Waals surface area contributed by atoms with E-state index in [1.165, 1.54) is 6.08 Å². The maximum atomic E-state index is 12.8. The van der Waals surface area contributed by atoms with Crippen LogP contribution in [0, 0.1) is 0 Å². The molecule has 0 bridgehead atoms. The fourth-order valence-electron chi connectivity index (χ4n) is 3.06. The van der Waals surface area contributed by atoms with Crippen LogP contribution >= 0.6 is 11.6 Å². The first-order valence-electron chi connectivity index (χ1n) is 9.16. The topological polar surface area (TPSA) is 90.5 Å². The molecule has 0 aliphatic carbocycles. The summed E-state index contributed by atoms with van der Waals surface area (Å²) < 4.78 is 0. The third kappa shape index (κ3) is 5.03. The summed E-state index contributed by atoms with van der Waals surface area (Å²) in [6.45, 7) is 4.60. The van der Waals surface area contributed by atoms with E-state index in [0.717, 1.165) is 6.42 Å². The first-order valence-corrected chi connectivity index (χ1v) is 9.54. The summed E-state index contributed by atoms with van der Waals surface area (Å²) in [7, 11) is 3.73. The van der Waals surface area contributed by atoms with Crippen molar-refractivity contribution in [3.63, 3.8) is 0 Å². The van der Waals surface area contributed by atoms with Crippen molar-refractivity contribution in [3.8, 4) is 0 Å². The normalized spacial score (nSPS) is 15.7. The Kier molecular flexibility index (Phi) is 6.33. The fraction of sp³-hybridized carbons (Fsp3) is 0.300. The number of amides is 2. The van der Waals surface area contributed by atoms with Gasteiger partial charge in [0.1, 0.15) is 5.02 Å². The molecule has 1 aromatic carbocycles. The molecule has 1 saturated heterocycles. The molecule has 1 aliphatic heterocycles. The van der Waals surface area contributed by atoms with E-state index in [1.54, 1.807) is 35.4 Å². The molecule has 2 amide bonds. The van der Waals surface area contributed by atoms with Crippen molar-refractivity contribution in [2.75, 3.05) is 42.7 Å². The molecule has 3 rings (SSSR count). The largest absolute Gasteiger partial charge is 0.361 e. The average Bonchev–Trinajstić information content (AvgIpc) is 3.17. The minimum absolute atomic E-state index is 0.0538. The van der Waals surface area contributed by atoms with E-state index in [4.69, 9.17) is 11.6 Å². The number of halogens is 1. The summed E-state index contributed by atoms with van der Waals surface area (Å²) >= 11 is 6.11. The molecule has 2 aromatic rings. The number of benzene rings is 1. The van der Waals surface area contributed by atoms with E-state index in [9.17, 15) is 9.59 Å². The van der Waals surface area contributed by atoms with Crippen LogP contribution < -0.4 is 15.5 Å². The maximum Gasteiger partial charge on any atom is 0.253 e. The van der Waals surface area contributed by atoms with Gasteiger partial charge in [0.15, 0.2) is 5.82 Å². The molecule has 9 heteroatoms. The lowest BCUT2D eigenvalue weighted by Crippen LogP contribution is -2.32. The van der Waals surface area contributed by atoms with Gasteiger partial charge in [-0.05, 0) is 36.8 Å². The third-order valence-electron chi connectivity index (χ3n) is 4.54. The third-order valence-corrected chi connectivity index (χ3v) is 4.81. The molecule has 1 aliphatic rings. The maximum absolute atomic E-state index is 12.8. The van der Waals surface area contributed by atoms with Crippen LogP contribution in [0.3, 0.4) is 0 Å². The summed E-state index contributed by atoms with van der Waals surface area (Å²) in [4.78, 5) is 36.4. The van der Waals surface area contributed by atoms with E-state index in [0.29, 0.717) is 41.1 Å². The zero-order chi connectivity index (χ0) is 21.0. The molecule has 1 fully saturated rings. The van der Waals surface area contributed by atoms with E-state index < -0.39 is 0 Å². The second kappa shape index (κ2) is 8.91. The van der Waals surface area contributed by atoms with Crippen molar-refractivity contribution < 1.29 is 9.59 Å². The van der Waals surface area contributed by atoms with Crippen molar-refractivity contribution in [1.29, 1.82) is 0 Å². The Morgan fingerprint density at radius 3 is 2.69 bits per heavy atom. The minimum atomic E-state index is -0.292. The van der Waals surface area contributed by atoms with Crippen molar-refractivity contribution in [2.45, 2.75) is 12.5 Å². The number of anilines is 3. The van der Waals surface area contributed by atoms with Crippen LogP contribution in [0.4, 0.5) is 17.5 Å². The molecule has 0 radical (unpaired) electrons. The number of nitrogens with zero attached hydrogens (tertiary/aromatic N) is 4. The Bertz CT molecular complexity index is 916. The molecule has 1 aromatic heterocycles. The summed E-state index contributed by atoms with van der Waals surface area (Å²) in [5.41, 5.74) is 1.18. The molecule has 0 unspecified atom stereocenters. The van der Waals surface area contributed by atoms with Gasteiger partial charge < -0.3 is 20.4 Å². The number of aromatic nitrogens is 2. The van der Waals surface area contributed by atoms with E-state index >= 15 is 0 Å². The first-order chi connectivity index (χ1) is 13.9. The van der Waals surface area contributed by atoms with Gasteiger partial charge in [0, 0.05) is 44.5 Å². The highest BCUT2D eigenvalue weighted by atomic mass is 35.5. The summed E-state index contributed by atoms with van der Waals surface area (Å²) in [6.07, 6.45) is 3.56. The van der Waals surface area contributed by atoms with Gasteiger partial charge in [-0.25, -0.2) is 4.98 Å². The first kappa shape index (κ1) is 20.6. The lowest BCUT2D eigenvalue weighted by Gasteiger charge is -2.18. The van der Waals surface area contributed by atoms with Gasteiger partial charge in [-0.3, -0.25) is 9.59 Å². The molecule has 0 saturated carbocycles. The highest BCUT2D eigenvalue weighted by Gasteiger charge is 2.27. The fourth-order valence-corrected chi connectivity index (χ4v) is 3.32. The SMILES string of the molecule is C=CC(=O)Nc1ccc(C(=O)N2CC[C@@H](Nc3ncc(Cl)c(N(C)C)n3)C2)cc1. The number of hydrogen-bond donors (Lipinski definition) is 2. The van der Waals surface area contributed by atoms with Gasteiger partial charge in [-0.1, -0.05) is 18.2 Å². The predicted molar refractivity (Wildman–Crippen MR) is 115 cm³/mol. The highest BCUT2D eigenvalue weighted by Crippen LogP contribution is 2.23. The molecule has 152 valence electrons. The Labute approximate surface area is 174 Å². The van der Waals surface area contributed by atoms with E-state index in [1.807, 2.05) is 19.0 Å². The highest BCUT2D eigenvalue weighted by molar-refractivity contribution is 6.32. The zero-order valence-electron chi connectivity index (χ0n) is 16.4. The van der Waals surface area contributed by atoms with Crippen LogP contribution in [0.2, 0.25) is 5.02 Å². The Hall–Kier alpha value is -3.13. The lowest BCUT2D eigenvalue weighted by molar-refractivity contribution is -0.111. The van der Waals surface area contributed by atoms with E-state index in [2.05, 4.69) is 27.2 Å². The number of nitrogens with one attached hydrogen (secondary N) is 2. The van der Waals surface area contributed by atoms with Crippen molar-refractivity contribution in [2.24, 2.45) is 0 Å². The molecule has 2 heterocycles. The van der Waals surface area contributed by atoms with Crippen LogP contribution in [-0.4, -0.2) is 59.9 Å². The smallest absolute Gasteiger partial charge is 0.253 e. The predicted octanol–water partition coefficient (Wildman–Crippen LogP) is 2.65. The number of carbonyl (C=O) groups excluding carboxylic acids is 2. The molecule has 8 nitrogen and oxygen atoms in total. The number of hydrogen-bond acceptors (Lipinski definition) is 6. The van der Waals surface area contributed by atoms with Gasteiger partial charge >= 0.3 is 0 Å². The molecule has 1 atom stereocenters.